The number of hydrogen-bond donors (Lipinski definition) is 1. The Kier molecular flexibility index (Phi) is 7.06. The number of carbonyl (C=O) groups excluding carboxylic acids is 1. The highest BCUT2D eigenvalue weighted by Crippen LogP contribution is 2.13. The first-order valence-electron chi connectivity index (χ1n) is 10.7. The number of rotatable bonds is 8. The van der Waals surface area contributed by atoms with E-state index in [1.165, 1.54) is 0 Å². The zero-order valence-electron chi connectivity index (χ0n) is 17.9. The van der Waals surface area contributed by atoms with E-state index in [-0.39, 0.29) is 12.1 Å². The molecule has 1 fully saturated rings. The van der Waals surface area contributed by atoms with Crippen LogP contribution >= 0.6 is 0 Å². The van der Waals surface area contributed by atoms with Crippen LogP contribution in [0.1, 0.15) is 30.8 Å². The maximum Gasteiger partial charge on any atom is 0.318 e. The quantitative estimate of drug-likeness (QED) is 0.597. The predicted octanol–water partition coefficient (Wildman–Crippen LogP) is 2.12. The Morgan fingerprint density at radius 1 is 1.19 bits per heavy atom. The molecule has 0 spiro atoms. The zero-order chi connectivity index (χ0) is 21.5. The van der Waals surface area contributed by atoms with Crippen LogP contribution in [-0.4, -0.2) is 74.8 Å². The number of nitrogens with one attached hydrogen (secondary N) is 1. The van der Waals surface area contributed by atoms with E-state index in [0.29, 0.717) is 18.9 Å². The monoisotopic (exact) mass is 423 g/mol. The minimum absolute atomic E-state index is 0.112. The number of amides is 2. The van der Waals surface area contributed by atoms with Gasteiger partial charge in [-0.2, -0.15) is 0 Å². The van der Waals surface area contributed by atoms with Gasteiger partial charge in [-0.1, -0.05) is 6.07 Å². The van der Waals surface area contributed by atoms with E-state index in [1.807, 2.05) is 52.8 Å². The summed E-state index contributed by atoms with van der Waals surface area (Å²) in [7, 11) is 0. The van der Waals surface area contributed by atoms with Crippen molar-refractivity contribution in [1.29, 1.82) is 0 Å². The molecule has 0 saturated carbocycles. The Balaban J connectivity index is 1.40. The first-order valence-corrected chi connectivity index (χ1v) is 10.7. The lowest BCUT2D eigenvalue weighted by atomic mass is 10.2. The van der Waals surface area contributed by atoms with Crippen LogP contribution in [0.4, 0.5) is 4.79 Å². The van der Waals surface area contributed by atoms with Gasteiger partial charge in [-0.05, 0) is 43.2 Å². The molecule has 0 radical (unpaired) electrons. The van der Waals surface area contributed by atoms with E-state index in [2.05, 4.69) is 25.4 Å². The average molecular weight is 424 g/mol. The third-order valence-corrected chi connectivity index (χ3v) is 5.48. The molecule has 0 aliphatic carbocycles. The van der Waals surface area contributed by atoms with E-state index in [9.17, 15) is 4.79 Å². The van der Waals surface area contributed by atoms with Crippen LogP contribution in [-0.2, 0) is 11.3 Å². The van der Waals surface area contributed by atoms with Gasteiger partial charge in [-0.15, -0.1) is 10.2 Å². The first-order chi connectivity index (χ1) is 15.2. The second-order valence-corrected chi connectivity index (χ2v) is 7.74. The van der Waals surface area contributed by atoms with Crippen LogP contribution in [0.5, 0.6) is 0 Å². The number of aromatic nitrogens is 4. The fourth-order valence-electron chi connectivity index (χ4n) is 3.77. The Bertz CT molecular complexity index is 972. The molecule has 2 amide bonds. The molecule has 3 aromatic rings. The summed E-state index contributed by atoms with van der Waals surface area (Å²) < 4.78 is 7.32. The van der Waals surface area contributed by atoms with Crippen molar-refractivity contribution in [3.8, 4) is 0 Å². The highest BCUT2D eigenvalue weighted by molar-refractivity contribution is 5.74. The molecule has 4 rings (SSSR count). The lowest BCUT2D eigenvalue weighted by molar-refractivity contribution is 0.0364. The number of nitrogens with zero attached hydrogens (tertiary/aromatic N) is 6. The van der Waals surface area contributed by atoms with Crippen molar-refractivity contribution < 1.29 is 9.53 Å². The molecule has 9 heteroatoms. The van der Waals surface area contributed by atoms with Crippen molar-refractivity contribution >= 4 is 11.7 Å². The molecule has 1 aliphatic heterocycles. The van der Waals surface area contributed by atoms with Crippen molar-refractivity contribution in [2.45, 2.75) is 25.9 Å². The molecule has 1 aliphatic rings. The number of carbonyl (C=O) groups is 1. The molecule has 0 aromatic carbocycles. The zero-order valence-corrected chi connectivity index (χ0v) is 17.9. The summed E-state index contributed by atoms with van der Waals surface area (Å²) >= 11 is 0. The van der Waals surface area contributed by atoms with Gasteiger partial charge in [0.15, 0.2) is 11.5 Å². The molecular formula is C22H29N7O2. The summed E-state index contributed by atoms with van der Waals surface area (Å²) in [5.41, 5.74) is 1.81. The van der Waals surface area contributed by atoms with Gasteiger partial charge in [0.05, 0.1) is 19.3 Å². The van der Waals surface area contributed by atoms with E-state index in [0.717, 1.165) is 50.5 Å². The van der Waals surface area contributed by atoms with Gasteiger partial charge in [0.1, 0.15) is 0 Å². The molecule has 1 N–H and O–H groups in total. The number of hydrogen-bond acceptors (Lipinski definition) is 6. The minimum Gasteiger partial charge on any atom is -0.379 e. The number of pyridine rings is 2. The first kappa shape index (κ1) is 21.2. The average Bonchev–Trinajstić information content (AvgIpc) is 3.24. The molecule has 4 heterocycles. The lowest BCUT2D eigenvalue weighted by Gasteiger charge is -2.29. The van der Waals surface area contributed by atoms with E-state index in [1.54, 1.807) is 12.4 Å². The molecule has 9 nitrogen and oxygen atoms in total. The van der Waals surface area contributed by atoms with Crippen LogP contribution in [0.25, 0.3) is 5.65 Å². The van der Waals surface area contributed by atoms with Crippen LogP contribution in [0.15, 0.2) is 48.9 Å². The van der Waals surface area contributed by atoms with Crippen molar-refractivity contribution in [2.75, 3.05) is 39.4 Å². The summed E-state index contributed by atoms with van der Waals surface area (Å²) in [4.78, 5) is 21.5. The molecule has 164 valence electrons. The fourth-order valence-corrected chi connectivity index (χ4v) is 3.77. The Morgan fingerprint density at radius 2 is 2.00 bits per heavy atom. The number of morpholine rings is 1. The van der Waals surface area contributed by atoms with Crippen LogP contribution in [0.3, 0.4) is 0 Å². The normalized spacial score (nSPS) is 15.6. The SMILES string of the molecule is CC(NC(=O)N(CCCN1CCOCC1)Cc1ccncc1)c1nnc2ccccn12. The van der Waals surface area contributed by atoms with E-state index < -0.39 is 0 Å². The van der Waals surface area contributed by atoms with Gasteiger partial charge in [-0.25, -0.2) is 4.79 Å². The fraction of sp³-hybridized carbons (Fsp3) is 0.455. The van der Waals surface area contributed by atoms with E-state index >= 15 is 0 Å². The van der Waals surface area contributed by atoms with Crippen LogP contribution in [0, 0.1) is 0 Å². The molecule has 3 aromatic heterocycles. The van der Waals surface area contributed by atoms with E-state index in [4.69, 9.17) is 4.74 Å². The number of ether oxygens (including phenoxy) is 1. The Morgan fingerprint density at radius 3 is 2.81 bits per heavy atom. The standard InChI is InChI=1S/C22H29N7O2/c1-18(21-26-25-20-5-2-3-12-29(20)21)24-22(30)28(17-19-6-8-23-9-7-19)11-4-10-27-13-15-31-16-14-27/h2-3,5-9,12,18H,4,10-11,13-17H2,1H3,(H,24,30). The lowest BCUT2D eigenvalue weighted by Crippen LogP contribution is -2.43. The molecule has 1 saturated heterocycles. The van der Waals surface area contributed by atoms with Gasteiger partial charge in [0, 0.05) is 51.3 Å². The predicted molar refractivity (Wildman–Crippen MR) is 116 cm³/mol. The number of fused-ring (bicyclic) bond motifs is 1. The Hall–Kier alpha value is -3.04. The summed E-state index contributed by atoms with van der Waals surface area (Å²) in [6, 6.07) is 9.24. The van der Waals surface area contributed by atoms with Gasteiger partial charge in [0.25, 0.3) is 0 Å². The van der Waals surface area contributed by atoms with Crippen LogP contribution in [0.2, 0.25) is 0 Å². The molecule has 1 atom stereocenters. The van der Waals surface area contributed by atoms with Crippen molar-refractivity contribution in [1.82, 2.24) is 34.7 Å². The maximum atomic E-state index is 13.2. The van der Waals surface area contributed by atoms with Crippen LogP contribution < -0.4 is 5.32 Å². The third kappa shape index (κ3) is 5.56. The second kappa shape index (κ2) is 10.3. The summed E-state index contributed by atoms with van der Waals surface area (Å²) in [5.74, 6) is 0.709. The molecule has 0 bridgehead atoms. The van der Waals surface area contributed by atoms with Crippen molar-refractivity contribution in [2.24, 2.45) is 0 Å². The van der Waals surface area contributed by atoms with Gasteiger partial charge >= 0.3 is 6.03 Å². The topological polar surface area (TPSA) is 87.9 Å². The summed E-state index contributed by atoms with van der Waals surface area (Å²) in [6.07, 6.45) is 6.32. The maximum absolute atomic E-state index is 13.2. The molecular weight excluding hydrogens is 394 g/mol. The molecule has 31 heavy (non-hydrogen) atoms. The minimum atomic E-state index is -0.274. The summed E-state index contributed by atoms with van der Waals surface area (Å²) in [6.45, 7) is 7.55. The summed E-state index contributed by atoms with van der Waals surface area (Å²) in [5, 5.41) is 11.6. The highest BCUT2D eigenvalue weighted by Gasteiger charge is 2.20. The molecule has 1 unspecified atom stereocenters. The van der Waals surface area contributed by atoms with Gasteiger partial charge < -0.3 is 15.0 Å². The number of urea groups is 1. The smallest absolute Gasteiger partial charge is 0.318 e. The largest absolute Gasteiger partial charge is 0.379 e. The highest BCUT2D eigenvalue weighted by atomic mass is 16.5. The van der Waals surface area contributed by atoms with Gasteiger partial charge in [-0.3, -0.25) is 14.3 Å². The second-order valence-electron chi connectivity index (χ2n) is 7.74. The third-order valence-electron chi connectivity index (χ3n) is 5.48. The van der Waals surface area contributed by atoms with Crippen molar-refractivity contribution in [3.63, 3.8) is 0 Å². The van der Waals surface area contributed by atoms with Crippen molar-refractivity contribution in [3.05, 3.63) is 60.3 Å². The Labute approximate surface area is 182 Å². The van der Waals surface area contributed by atoms with Gasteiger partial charge in [0.2, 0.25) is 0 Å².